The van der Waals surface area contributed by atoms with Gasteiger partial charge in [0.2, 0.25) is 0 Å². The van der Waals surface area contributed by atoms with Crippen LogP contribution < -0.4 is 4.74 Å². The molecule has 0 spiro atoms. The molecule has 0 saturated heterocycles. The summed E-state index contributed by atoms with van der Waals surface area (Å²) in [4.78, 5) is 0. The fourth-order valence-corrected chi connectivity index (χ4v) is 1.39. The van der Waals surface area contributed by atoms with Crippen LogP contribution in [-0.4, -0.2) is 6.61 Å². The van der Waals surface area contributed by atoms with Gasteiger partial charge in [0.1, 0.15) is 5.75 Å². The molecule has 0 heterocycles. The number of unbranched alkanes of at least 4 members (excludes halogenated alkanes) is 2. The highest BCUT2D eigenvalue weighted by molar-refractivity contribution is 5.87. The van der Waals surface area contributed by atoms with E-state index in [0.29, 0.717) is 0 Å². The predicted octanol–water partition coefficient (Wildman–Crippen LogP) is 3.24. The van der Waals surface area contributed by atoms with Crippen LogP contribution in [0.15, 0.2) is 18.2 Å². The molecule has 0 unspecified atom stereocenters. The normalized spacial score (nSPS) is 11.4. The summed E-state index contributed by atoms with van der Waals surface area (Å²) in [6.45, 7) is 3.08. The Bertz CT molecular complexity index is 278. The van der Waals surface area contributed by atoms with Crippen LogP contribution in [0.2, 0.25) is 0 Å². The molecule has 0 atom stereocenters. The number of benzene rings is 1. The lowest BCUT2D eigenvalue weighted by Crippen LogP contribution is -1.95. The molecule has 0 aromatic carbocycles. The summed E-state index contributed by atoms with van der Waals surface area (Å²) >= 11 is 0. The summed E-state index contributed by atoms with van der Waals surface area (Å²) < 4.78 is 5.60. The molecule has 12 heavy (non-hydrogen) atoms. The Morgan fingerprint density at radius 2 is 2.17 bits per heavy atom. The molecular formula is C11H14O. The van der Waals surface area contributed by atoms with Crippen molar-refractivity contribution in [3.8, 4) is 16.9 Å². The summed E-state index contributed by atoms with van der Waals surface area (Å²) in [5.74, 6) is 1.08. The second kappa shape index (κ2) is 3.18. The average molecular weight is 162 g/mol. The van der Waals surface area contributed by atoms with Crippen LogP contribution in [0.5, 0.6) is 5.75 Å². The largest absolute Gasteiger partial charge is 0.493 e. The van der Waals surface area contributed by atoms with Gasteiger partial charge in [0.15, 0.2) is 0 Å². The Morgan fingerprint density at radius 1 is 1.25 bits per heavy atom. The lowest BCUT2D eigenvalue weighted by atomic mass is 10.3. The molecule has 0 N–H and O–H groups in total. The zero-order chi connectivity index (χ0) is 8.39. The minimum atomic E-state index is 0.873. The maximum absolute atomic E-state index is 5.60. The average Bonchev–Trinajstić information content (AvgIpc) is 2.76. The molecule has 0 amide bonds. The number of hydrogen-bond donors (Lipinski definition) is 0. The van der Waals surface area contributed by atoms with Crippen molar-refractivity contribution >= 4 is 0 Å². The van der Waals surface area contributed by atoms with Crippen molar-refractivity contribution in [1.29, 1.82) is 0 Å². The maximum Gasteiger partial charge on any atom is 0.127 e. The Kier molecular flexibility index (Phi) is 2.03. The Hall–Kier alpha value is -0.980. The van der Waals surface area contributed by atoms with Gasteiger partial charge in [-0.25, -0.2) is 0 Å². The van der Waals surface area contributed by atoms with Crippen molar-refractivity contribution in [2.75, 3.05) is 6.61 Å². The molecule has 2 rings (SSSR count). The number of rotatable bonds is 5. The molecule has 0 aliphatic heterocycles. The first-order valence-corrected chi connectivity index (χ1v) is 4.69. The van der Waals surface area contributed by atoms with Crippen molar-refractivity contribution in [2.24, 2.45) is 0 Å². The number of hydrogen-bond acceptors (Lipinski definition) is 1. The lowest BCUT2D eigenvalue weighted by molar-refractivity contribution is 0.309. The molecule has 0 saturated carbocycles. The zero-order valence-electron chi connectivity index (χ0n) is 7.47. The monoisotopic (exact) mass is 162 g/mol. The van der Waals surface area contributed by atoms with Gasteiger partial charge < -0.3 is 4.74 Å². The summed E-state index contributed by atoms with van der Waals surface area (Å²) in [5.41, 5.74) is 2.69. The Balaban J connectivity index is 1.71. The van der Waals surface area contributed by atoms with Crippen molar-refractivity contribution in [2.45, 2.75) is 26.2 Å². The highest BCUT2D eigenvalue weighted by Gasteiger charge is 2.17. The van der Waals surface area contributed by atoms with Crippen molar-refractivity contribution in [3.05, 3.63) is 18.2 Å². The second-order valence-corrected chi connectivity index (χ2v) is 3.27. The predicted molar refractivity (Wildman–Crippen MR) is 50.5 cm³/mol. The van der Waals surface area contributed by atoms with Crippen LogP contribution in [0.1, 0.15) is 26.2 Å². The summed E-state index contributed by atoms with van der Waals surface area (Å²) in [7, 11) is 0. The first kappa shape index (κ1) is 7.66. The fraction of sp³-hybridized carbons (Fsp3) is 0.455. The third-order valence-corrected chi connectivity index (χ3v) is 2.21. The molecule has 2 aliphatic rings. The van der Waals surface area contributed by atoms with Crippen LogP contribution >= 0.6 is 0 Å². The van der Waals surface area contributed by atoms with Crippen molar-refractivity contribution in [3.63, 3.8) is 0 Å². The molecular weight excluding hydrogens is 148 g/mol. The minimum Gasteiger partial charge on any atom is -0.493 e. The number of ether oxygens (including phenoxy) is 1. The van der Waals surface area contributed by atoms with Crippen LogP contribution in [0.4, 0.5) is 0 Å². The van der Waals surface area contributed by atoms with E-state index in [1.165, 1.54) is 30.4 Å². The van der Waals surface area contributed by atoms with Gasteiger partial charge >= 0.3 is 0 Å². The van der Waals surface area contributed by atoms with E-state index in [4.69, 9.17) is 4.74 Å². The summed E-state index contributed by atoms with van der Waals surface area (Å²) in [6.07, 6.45) is 3.71. The zero-order valence-corrected chi connectivity index (χ0v) is 7.47. The van der Waals surface area contributed by atoms with Crippen LogP contribution in [-0.2, 0) is 0 Å². The molecule has 0 fully saturated rings. The van der Waals surface area contributed by atoms with Crippen molar-refractivity contribution in [1.82, 2.24) is 0 Å². The van der Waals surface area contributed by atoms with E-state index in [9.17, 15) is 0 Å². The first-order valence-electron chi connectivity index (χ1n) is 4.69. The van der Waals surface area contributed by atoms with Crippen molar-refractivity contribution < 1.29 is 4.74 Å². The van der Waals surface area contributed by atoms with E-state index in [1.54, 1.807) is 0 Å². The molecule has 0 bridgehead atoms. The Morgan fingerprint density at radius 3 is 2.75 bits per heavy atom. The SMILES string of the molecule is CCCCCOc1ccc2cc1-2. The topological polar surface area (TPSA) is 9.23 Å². The van der Waals surface area contributed by atoms with Gasteiger partial charge in [-0.1, -0.05) is 25.8 Å². The molecule has 0 radical (unpaired) electrons. The Labute approximate surface area is 73.4 Å². The van der Waals surface area contributed by atoms with E-state index in [-0.39, 0.29) is 0 Å². The van der Waals surface area contributed by atoms with Gasteiger partial charge in [0.25, 0.3) is 0 Å². The molecule has 1 nitrogen and oxygen atoms in total. The molecule has 2 aliphatic carbocycles. The third-order valence-electron chi connectivity index (χ3n) is 2.21. The van der Waals surface area contributed by atoms with Gasteiger partial charge in [-0.3, -0.25) is 0 Å². The second-order valence-electron chi connectivity index (χ2n) is 3.27. The summed E-state index contributed by atoms with van der Waals surface area (Å²) in [5, 5.41) is 0. The quantitative estimate of drug-likeness (QED) is 0.613. The lowest BCUT2D eigenvalue weighted by Gasteiger charge is -2.02. The van der Waals surface area contributed by atoms with E-state index in [2.05, 4.69) is 25.1 Å². The highest BCUT2D eigenvalue weighted by Crippen LogP contribution is 2.43. The van der Waals surface area contributed by atoms with E-state index in [0.717, 1.165) is 12.4 Å². The van der Waals surface area contributed by atoms with E-state index in [1.807, 2.05) is 0 Å². The van der Waals surface area contributed by atoms with E-state index >= 15 is 0 Å². The molecule has 0 aromatic heterocycles. The highest BCUT2D eigenvalue weighted by atomic mass is 16.5. The standard InChI is InChI=1S/C11H14O/c1-2-3-4-7-12-11-6-5-9-8-10(9)11/h5-6,8H,2-4,7H2,1H3. The smallest absolute Gasteiger partial charge is 0.127 e. The van der Waals surface area contributed by atoms with E-state index < -0.39 is 0 Å². The van der Waals surface area contributed by atoms with Crippen LogP contribution in [0.3, 0.4) is 0 Å². The first-order chi connectivity index (χ1) is 5.92. The summed E-state index contributed by atoms with van der Waals surface area (Å²) in [6, 6.07) is 6.34. The minimum absolute atomic E-state index is 0.873. The third kappa shape index (κ3) is 1.45. The maximum atomic E-state index is 5.60. The number of fused-ring (bicyclic) bond motifs is 1. The van der Waals surface area contributed by atoms with Gasteiger partial charge in [-0.15, -0.1) is 0 Å². The van der Waals surface area contributed by atoms with Gasteiger partial charge in [0.05, 0.1) is 6.61 Å². The van der Waals surface area contributed by atoms with Crippen LogP contribution in [0, 0.1) is 0 Å². The molecule has 1 heteroatoms. The fourth-order valence-electron chi connectivity index (χ4n) is 1.39. The van der Waals surface area contributed by atoms with Gasteiger partial charge in [0, 0.05) is 5.56 Å². The van der Waals surface area contributed by atoms with Crippen LogP contribution in [0.25, 0.3) is 11.1 Å². The molecule has 64 valence electrons. The van der Waals surface area contributed by atoms with Gasteiger partial charge in [-0.2, -0.15) is 0 Å². The van der Waals surface area contributed by atoms with Gasteiger partial charge in [-0.05, 0) is 24.1 Å². The molecule has 0 aromatic rings.